The molecule has 148 valence electrons. The van der Waals surface area contributed by atoms with E-state index in [1.54, 1.807) is 7.05 Å². The number of ether oxygens (including phenoxy) is 1. The van der Waals surface area contributed by atoms with E-state index in [0.717, 1.165) is 47.1 Å². The zero-order valence-corrected chi connectivity index (χ0v) is 17.0. The highest BCUT2D eigenvalue weighted by molar-refractivity contribution is 5.84. The summed E-state index contributed by atoms with van der Waals surface area (Å²) in [6.07, 6.45) is 2.80. The van der Waals surface area contributed by atoms with Crippen LogP contribution in [0.5, 0.6) is 5.75 Å². The Labute approximate surface area is 166 Å². The molecule has 0 saturated heterocycles. The Morgan fingerprint density at radius 3 is 2.86 bits per heavy atom. The Kier molecular flexibility index (Phi) is 6.53. The number of aliphatic imine (C=N–C) groups is 1. The van der Waals surface area contributed by atoms with Crippen molar-refractivity contribution >= 4 is 16.9 Å². The van der Waals surface area contributed by atoms with Crippen LogP contribution in [0, 0.1) is 6.92 Å². The topological polar surface area (TPSA) is 71.7 Å². The minimum atomic E-state index is -0.0332. The molecule has 0 aliphatic rings. The lowest BCUT2D eigenvalue weighted by atomic mass is 10.2. The van der Waals surface area contributed by atoms with Gasteiger partial charge in [-0.25, -0.2) is 0 Å². The molecule has 2 heterocycles. The third-order valence-electron chi connectivity index (χ3n) is 4.51. The Bertz CT molecular complexity index is 931. The Morgan fingerprint density at radius 2 is 2.14 bits per heavy atom. The SMILES string of the molecule is CCOc1cccc2cc(C(C)NC(=NC)NCCc3ccc(C)nc3)oc12. The zero-order valence-electron chi connectivity index (χ0n) is 17.0. The van der Waals surface area contributed by atoms with Crippen molar-refractivity contribution in [2.45, 2.75) is 33.2 Å². The minimum Gasteiger partial charge on any atom is -0.490 e. The molecule has 0 spiro atoms. The Hall–Kier alpha value is -3.02. The maximum absolute atomic E-state index is 6.07. The fourth-order valence-corrected chi connectivity index (χ4v) is 2.98. The first-order valence-corrected chi connectivity index (χ1v) is 9.64. The molecule has 0 amide bonds. The zero-order chi connectivity index (χ0) is 19.9. The van der Waals surface area contributed by atoms with Crippen molar-refractivity contribution in [3.05, 3.63) is 59.6 Å². The van der Waals surface area contributed by atoms with E-state index in [1.807, 2.05) is 50.4 Å². The fraction of sp³-hybridized carbons (Fsp3) is 0.364. The monoisotopic (exact) mass is 380 g/mol. The van der Waals surface area contributed by atoms with Crippen molar-refractivity contribution in [1.29, 1.82) is 0 Å². The number of guanidine groups is 1. The molecule has 0 radical (unpaired) electrons. The number of hydrogen-bond acceptors (Lipinski definition) is 4. The van der Waals surface area contributed by atoms with Gasteiger partial charge in [-0.3, -0.25) is 9.98 Å². The number of aromatic nitrogens is 1. The van der Waals surface area contributed by atoms with Gasteiger partial charge in [0.25, 0.3) is 0 Å². The molecule has 0 aliphatic carbocycles. The predicted octanol–water partition coefficient (Wildman–Crippen LogP) is 4.00. The number of rotatable bonds is 7. The molecule has 2 N–H and O–H groups in total. The molecule has 0 aliphatic heterocycles. The van der Waals surface area contributed by atoms with Crippen LogP contribution in [0.3, 0.4) is 0 Å². The van der Waals surface area contributed by atoms with Gasteiger partial charge >= 0.3 is 0 Å². The summed E-state index contributed by atoms with van der Waals surface area (Å²) >= 11 is 0. The van der Waals surface area contributed by atoms with E-state index in [0.29, 0.717) is 6.61 Å². The molecule has 2 aromatic heterocycles. The molecule has 3 aromatic rings. The van der Waals surface area contributed by atoms with Gasteiger partial charge in [0.15, 0.2) is 17.3 Å². The van der Waals surface area contributed by atoms with Gasteiger partial charge in [-0.1, -0.05) is 18.2 Å². The lowest BCUT2D eigenvalue weighted by Gasteiger charge is -2.16. The number of nitrogens with zero attached hydrogens (tertiary/aromatic N) is 2. The summed E-state index contributed by atoms with van der Waals surface area (Å²) in [5.74, 6) is 2.35. The van der Waals surface area contributed by atoms with Crippen LogP contribution in [-0.4, -0.2) is 31.1 Å². The lowest BCUT2D eigenvalue weighted by molar-refractivity contribution is 0.336. The van der Waals surface area contributed by atoms with Gasteiger partial charge in [0.2, 0.25) is 0 Å². The third kappa shape index (κ3) is 4.82. The average molecular weight is 380 g/mol. The molecular weight excluding hydrogens is 352 g/mol. The quantitative estimate of drug-likeness (QED) is 0.479. The maximum Gasteiger partial charge on any atom is 0.191 e. The second-order valence-electron chi connectivity index (χ2n) is 6.68. The van der Waals surface area contributed by atoms with Gasteiger partial charge in [0, 0.05) is 30.9 Å². The highest BCUT2D eigenvalue weighted by atomic mass is 16.5. The van der Waals surface area contributed by atoms with Crippen molar-refractivity contribution in [2.24, 2.45) is 4.99 Å². The molecule has 0 saturated carbocycles. The first-order chi connectivity index (χ1) is 13.6. The van der Waals surface area contributed by atoms with Gasteiger partial charge in [-0.2, -0.15) is 0 Å². The Morgan fingerprint density at radius 1 is 1.29 bits per heavy atom. The highest BCUT2D eigenvalue weighted by Crippen LogP contribution is 2.31. The van der Waals surface area contributed by atoms with Crippen molar-refractivity contribution in [1.82, 2.24) is 15.6 Å². The summed E-state index contributed by atoms with van der Waals surface area (Å²) < 4.78 is 11.7. The van der Waals surface area contributed by atoms with Crippen LogP contribution in [0.2, 0.25) is 0 Å². The molecule has 6 heteroatoms. The van der Waals surface area contributed by atoms with E-state index < -0.39 is 0 Å². The van der Waals surface area contributed by atoms with Crippen LogP contribution in [0.25, 0.3) is 11.0 Å². The van der Waals surface area contributed by atoms with E-state index in [-0.39, 0.29) is 6.04 Å². The summed E-state index contributed by atoms with van der Waals surface area (Å²) in [4.78, 5) is 8.64. The van der Waals surface area contributed by atoms with E-state index >= 15 is 0 Å². The molecular formula is C22H28N4O2. The van der Waals surface area contributed by atoms with Crippen molar-refractivity contribution in [3.63, 3.8) is 0 Å². The number of nitrogens with one attached hydrogen (secondary N) is 2. The largest absolute Gasteiger partial charge is 0.490 e. The van der Waals surface area contributed by atoms with Gasteiger partial charge in [-0.05, 0) is 51.0 Å². The normalized spacial score (nSPS) is 12.8. The first kappa shape index (κ1) is 19.7. The van der Waals surface area contributed by atoms with Gasteiger partial charge in [-0.15, -0.1) is 0 Å². The second-order valence-corrected chi connectivity index (χ2v) is 6.68. The van der Waals surface area contributed by atoms with Crippen molar-refractivity contribution < 1.29 is 9.15 Å². The summed E-state index contributed by atoms with van der Waals surface area (Å²) in [6, 6.07) is 12.1. The summed E-state index contributed by atoms with van der Waals surface area (Å²) in [5.41, 5.74) is 3.01. The standard InChI is InChI=1S/C22H28N4O2/c1-5-27-19-8-6-7-18-13-20(28-21(18)19)16(3)26-22(23-4)24-12-11-17-10-9-15(2)25-14-17/h6-10,13-14,16H,5,11-12H2,1-4H3,(H2,23,24,26). The number of hydrogen-bond donors (Lipinski definition) is 2. The van der Waals surface area contributed by atoms with Crippen LogP contribution in [-0.2, 0) is 6.42 Å². The number of para-hydroxylation sites is 1. The van der Waals surface area contributed by atoms with E-state index in [1.165, 1.54) is 5.56 Å². The molecule has 3 rings (SSSR count). The van der Waals surface area contributed by atoms with E-state index in [2.05, 4.69) is 33.6 Å². The van der Waals surface area contributed by atoms with Gasteiger partial charge in [0.05, 0.1) is 12.6 Å². The molecule has 6 nitrogen and oxygen atoms in total. The molecule has 28 heavy (non-hydrogen) atoms. The minimum absolute atomic E-state index is 0.0332. The van der Waals surface area contributed by atoms with Crippen LogP contribution in [0.1, 0.15) is 36.9 Å². The molecule has 1 atom stereocenters. The summed E-state index contributed by atoms with van der Waals surface area (Å²) in [6.45, 7) is 7.39. The van der Waals surface area contributed by atoms with E-state index in [4.69, 9.17) is 9.15 Å². The van der Waals surface area contributed by atoms with E-state index in [9.17, 15) is 0 Å². The average Bonchev–Trinajstić information content (AvgIpc) is 3.14. The van der Waals surface area contributed by atoms with Gasteiger partial charge < -0.3 is 19.8 Å². The van der Waals surface area contributed by atoms with Gasteiger partial charge in [0.1, 0.15) is 5.76 Å². The smallest absolute Gasteiger partial charge is 0.191 e. The third-order valence-corrected chi connectivity index (χ3v) is 4.51. The fourth-order valence-electron chi connectivity index (χ4n) is 2.98. The van der Waals surface area contributed by atoms with Crippen LogP contribution in [0.15, 0.2) is 52.0 Å². The number of pyridine rings is 1. The first-order valence-electron chi connectivity index (χ1n) is 9.64. The molecule has 1 unspecified atom stereocenters. The summed E-state index contributed by atoms with van der Waals surface area (Å²) in [5, 5.41) is 7.75. The molecule has 0 bridgehead atoms. The lowest BCUT2D eigenvalue weighted by Crippen LogP contribution is -2.39. The van der Waals surface area contributed by atoms with Crippen molar-refractivity contribution in [3.8, 4) is 5.75 Å². The van der Waals surface area contributed by atoms with Crippen molar-refractivity contribution in [2.75, 3.05) is 20.2 Å². The number of aryl methyl sites for hydroxylation is 1. The second kappa shape index (κ2) is 9.26. The molecule has 0 fully saturated rings. The Balaban J connectivity index is 1.60. The van der Waals surface area contributed by atoms with Crippen LogP contribution >= 0.6 is 0 Å². The maximum atomic E-state index is 6.07. The number of furan rings is 1. The molecule has 1 aromatic carbocycles. The number of fused-ring (bicyclic) bond motifs is 1. The highest BCUT2D eigenvalue weighted by Gasteiger charge is 2.15. The predicted molar refractivity (Wildman–Crippen MR) is 113 cm³/mol. The van der Waals surface area contributed by atoms with Crippen LogP contribution < -0.4 is 15.4 Å². The van der Waals surface area contributed by atoms with Crippen LogP contribution in [0.4, 0.5) is 0 Å². The summed E-state index contributed by atoms with van der Waals surface area (Å²) in [7, 11) is 1.77. The number of benzene rings is 1.